The summed E-state index contributed by atoms with van der Waals surface area (Å²) in [4.78, 5) is 12.4. The van der Waals surface area contributed by atoms with Crippen molar-refractivity contribution in [2.24, 2.45) is 5.92 Å². The normalized spacial score (nSPS) is 13.0. The number of halogens is 1. The van der Waals surface area contributed by atoms with Crippen molar-refractivity contribution in [2.45, 2.75) is 23.2 Å². The van der Waals surface area contributed by atoms with Gasteiger partial charge in [-0.2, -0.15) is 0 Å². The molecule has 1 aliphatic carbocycles. The lowest BCUT2D eigenvalue weighted by molar-refractivity contribution is -0.117. The van der Waals surface area contributed by atoms with Crippen LogP contribution in [0.3, 0.4) is 0 Å². The van der Waals surface area contributed by atoms with Gasteiger partial charge in [-0.15, -0.1) is 10.2 Å². The molecule has 0 radical (unpaired) electrons. The van der Waals surface area contributed by atoms with E-state index < -0.39 is 0 Å². The predicted octanol–water partition coefficient (Wildman–Crippen LogP) is 7.30. The summed E-state index contributed by atoms with van der Waals surface area (Å²) < 4.78 is 16.2. The molecule has 38 heavy (non-hydrogen) atoms. The smallest absolute Gasteiger partial charge is 0.227 e. The van der Waals surface area contributed by atoms with Gasteiger partial charge in [-0.1, -0.05) is 90.6 Å². The first kappa shape index (κ1) is 24.1. The molecule has 1 aromatic heterocycles. The van der Waals surface area contributed by atoms with Crippen LogP contribution in [0.15, 0.2) is 114 Å². The molecule has 1 amide bonds. The Labute approximate surface area is 224 Å². The Balaban J connectivity index is 1.45. The van der Waals surface area contributed by atoms with Crippen LogP contribution in [0, 0.1) is 11.7 Å². The molecule has 1 aliphatic rings. The van der Waals surface area contributed by atoms with Crippen molar-refractivity contribution in [1.82, 2.24) is 14.8 Å². The van der Waals surface area contributed by atoms with Crippen molar-refractivity contribution in [3.05, 3.63) is 126 Å². The second kappa shape index (κ2) is 10.6. The first-order valence-corrected chi connectivity index (χ1v) is 13.4. The van der Waals surface area contributed by atoms with E-state index in [1.54, 1.807) is 17.8 Å². The second-order valence-corrected chi connectivity index (χ2v) is 10.4. The Morgan fingerprint density at radius 3 is 2.18 bits per heavy atom. The Morgan fingerprint density at radius 1 is 0.842 bits per heavy atom. The van der Waals surface area contributed by atoms with Gasteiger partial charge < -0.3 is 5.32 Å². The van der Waals surface area contributed by atoms with Crippen molar-refractivity contribution in [1.29, 1.82) is 0 Å². The van der Waals surface area contributed by atoms with Gasteiger partial charge in [-0.25, -0.2) is 4.39 Å². The number of thioether (sulfide) groups is 1. The summed E-state index contributed by atoms with van der Waals surface area (Å²) in [6.07, 6.45) is 1.86. The molecule has 7 heteroatoms. The zero-order valence-electron chi connectivity index (χ0n) is 20.5. The molecule has 1 heterocycles. The maximum Gasteiger partial charge on any atom is 0.227 e. The van der Waals surface area contributed by atoms with Gasteiger partial charge in [0.2, 0.25) is 5.91 Å². The van der Waals surface area contributed by atoms with Crippen LogP contribution in [-0.2, 0) is 4.79 Å². The van der Waals surface area contributed by atoms with Crippen molar-refractivity contribution in [3.8, 4) is 17.1 Å². The lowest BCUT2D eigenvalue weighted by Gasteiger charge is -2.19. The van der Waals surface area contributed by atoms with E-state index in [0.29, 0.717) is 22.2 Å². The molecule has 0 atom stereocenters. The van der Waals surface area contributed by atoms with Gasteiger partial charge >= 0.3 is 0 Å². The van der Waals surface area contributed by atoms with E-state index in [4.69, 9.17) is 0 Å². The molecular formula is C31H25FN4OS. The predicted molar refractivity (Wildman–Crippen MR) is 149 cm³/mol. The Bertz CT molecular complexity index is 1530. The quantitative estimate of drug-likeness (QED) is 0.218. The lowest BCUT2D eigenvalue weighted by atomic mass is 10.0. The molecular weight excluding hydrogens is 495 g/mol. The number of nitrogens with zero attached hydrogens (tertiary/aromatic N) is 3. The molecule has 0 bridgehead atoms. The van der Waals surface area contributed by atoms with Crippen molar-refractivity contribution < 1.29 is 9.18 Å². The SMILES string of the molecule is O=C(Nc1cccc(-n2c(SC(c3ccccc3)c3ccccc3)nnc2-c2cccc(F)c2)c1)C1CC1. The van der Waals surface area contributed by atoms with Crippen molar-refractivity contribution >= 4 is 23.4 Å². The van der Waals surface area contributed by atoms with Gasteiger partial charge in [-0.3, -0.25) is 9.36 Å². The Kier molecular flexibility index (Phi) is 6.75. The van der Waals surface area contributed by atoms with Gasteiger partial charge in [0.25, 0.3) is 0 Å². The van der Waals surface area contributed by atoms with Crippen LogP contribution in [0.1, 0.15) is 29.2 Å². The van der Waals surface area contributed by atoms with Crippen LogP contribution < -0.4 is 5.32 Å². The molecule has 5 nitrogen and oxygen atoms in total. The fraction of sp³-hybridized carbons (Fsp3) is 0.129. The second-order valence-electron chi connectivity index (χ2n) is 9.29. The summed E-state index contributed by atoms with van der Waals surface area (Å²) in [7, 11) is 0. The summed E-state index contributed by atoms with van der Waals surface area (Å²) in [6.45, 7) is 0. The largest absolute Gasteiger partial charge is 0.326 e. The highest BCUT2D eigenvalue weighted by Gasteiger charge is 2.29. The summed E-state index contributed by atoms with van der Waals surface area (Å²) >= 11 is 1.58. The number of carbonyl (C=O) groups excluding carboxylic acids is 1. The van der Waals surface area contributed by atoms with Crippen LogP contribution >= 0.6 is 11.8 Å². The number of aromatic nitrogens is 3. The molecule has 188 valence electrons. The minimum Gasteiger partial charge on any atom is -0.326 e. The van der Waals surface area contributed by atoms with Crippen LogP contribution in [0.5, 0.6) is 0 Å². The average molecular weight is 521 g/mol. The topological polar surface area (TPSA) is 59.8 Å². The highest BCUT2D eigenvalue weighted by molar-refractivity contribution is 7.99. The van der Waals surface area contributed by atoms with E-state index in [-0.39, 0.29) is 22.9 Å². The van der Waals surface area contributed by atoms with E-state index in [9.17, 15) is 9.18 Å². The van der Waals surface area contributed by atoms with Gasteiger partial charge in [0.1, 0.15) is 5.82 Å². The third-order valence-corrected chi connectivity index (χ3v) is 7.72. The molecule has 0 aliphatic heterocycles. The summed E-state index contributed by atoms with van der Waals surface area (Å²) in [6, 6.07) is 34.5. The van der Waals surface area contributed by atoms with Gasteiger partial charge in [0, 0.05) is 17.2 Å². The van der Waals surface area contributed by atoms with Crippen molar-refractivity contribution in [2.75, 3.05) is 5.32 Å². The number of amides is 1. The molecule has 5 aromatic rings. The highest BCUT2D eigenvalue weighted by atomic mass is 32.2. The zero-order valence-corrected chi connectivity index (χ0v) is 21.3. The summed E-state index contributed by atoms with van der Waals surface area (Å²) in [5.74, 6) is 0.319. The van der Waals surface area contributed by atoms with Gasteiger partial charge in [0.15, 0.2) is 11.0 Å². The minimum absolute atomic E-state index is 0.0408. The number of carbonyl (C=O) groups is 1. The number of hydrogen-bond acceptors (Lipinski definition) is 4. The van der Waals surface area contributed by atoms with Gasteiger partial charge in [0.05, 0.1) is 10.9 Å². The maximum atomic E-state index is 14.2. The van der Waals surface area contributed by atoms with Crippen LogP contribution in [0.2, 0.25) is 0 Å². The van der Waals surface area contributed by atoms with Gasteiger partial charge in [-0.05, 0) is 54.3 Å². The third-order valence-electron chi connectivity index (χ3n) is 6.46. The van der Waals surface area contributed by atoms with E-state index >= 15 is 0 Å². The summed E-state index contributed by atoms with van der Waals surface area (Å²) in [5, 5.41) is 12.7. The first-order valence-electron chi connectivity index (χ1n) is 12.5. The zero-order chi connectivity index (χ0) is 25.9. The van der Waals surface area contributed by atoms with Crippen molar-refractivity contribution in [3.63, 3.8) is 0 Å². The Hall–Kier alpha value is -4.23. The van der Waals surface area contributed by atoms with E-state index in [0.717, 1.165) is 29.7 Å². The third kappa shape index (κ3) is 5.24. The minimum atomic E-state index is -0.344. The molecule has 4 aromatic carbocycles. The molecule has 0 unspecified atom stereocenters. The number of anilines is 1. The molecule has 6 rings (SSSR count). The first-order chi connectivity index (χ1) is 18.7. The monoisotopic (exact) mass is 520 g/mol. The van der Waals surface area contributed by atoms with E-state index in [1.807, 2.05) is 71.3 Å². The summed E-state index contributed by atoms with van der Waals surface area (Å²) in [5.41, 5.74) is 4.38. The van der Waals surface area contributed by atoms with E-state index in [1.165, 1.54) is 12.1 Å². The van der Waals surface area contributed by atoms with Crippen LogP contribution in [-0.4, -0.2) is 20.7 Å². The maximum absolute atomic E-state index is 14.2. The molecule has 1 fully saturated rings. The molecule has 0 spiro atoms. The fourth-order valence-electron chi connectivity index (χ4n) is 4.40. The molecule has 0 saturated heterocycles. The number of benzene rings is 4. The fourth-order valence-corrected chi connectivity index (χ4v) is 5.58. The van der Waals surface area contributed by atoms with Crippen LogP contribution in [0.25, 0.3) is 17.1 Å². The number of nitrogens with one attached hydrogen (secondary N) is 1. The number of rotatable bonds is 8. The molecule has 1 N–H and O–H groups in total. The average Bonchev–Trinajstić information content (AvgIpc) is 3.73. The lowest BCUT2D eigenvalue weighted by Crippen LogP contribution is -2.13. The van der Waals surface area contributed by atoms with E-state index in [2.05, 4.69) is 39.8 Å². The molecule has 1 saturated carbocycles. The standard InChI is InChI=1S/C31H25FN4OS/c32-25-14-7-13-24(19-25)29-34-35-31(36(29)27-16-8-15-26(20-27)33-30(37)23-17-18-23)38-28(21-9-3-1-4-10-21)22-11-5-2-6-12-22/h1-16,19-20,23,28H,17-18H2,(H,33,37). The Morgan fingerprint density at radius 2 is 1.53 bits per heavy atom. The van der Waals surface area contributed by atoms with Crippen LogP contribution in [0.4, 0.5) is 10.1 Å². The number of hydrogen-bond donors (Lipinski definition) is 1. The highest BCUT2D eigenvalue weighted by Crippen LogP contribution is 2.42.